The van der Waals surface area contributed by atoms with Crippen LogP contribution in [0.2, 0.25) is 0 Å². The second-order valence-electron chi connectivity index (χ2n) is 5.88. The summed E-state index contributed by atoms with van der Waals surface area (Å²) in [6, 6.07) is 9.43. The molecule has 0 radical (unpaired) electrons. The number of carboxylic acid groups (broad SMARTS) is 1. The molecule has 24 heavy (non-hydrogen) atoms. The highest BCUT2D eigenvalue weighted by atomic mass is 16.4. The average Bonchev–Trinajstić information content (AvgIpc) is 3.09. The number of likely N-dealkylation sites (tertiary alicyclic amines) is 1. The number of aryl methyl sites for hydroxylation is 1. The summed E-state index contributed by atoms with van der Waals surface area (Å²) in [5.74, 6) is -0.524. The van der Waals surface area contributed by atoms with Gasteiger partial charge in [0.05, 0.1) is 5.92 Å². The lowest BCUT2D eigenvalue weighted by atomic mass is 9.98. The van der Waals surface area contributed by atoms with Crippen molar-refractivity contribution in [1.82, 2.24) is 15.1 Å². The van der Waals surface area contributed by atoms with Crippen molar-refractivity contribution < 1.29 is 19.1 Å². The fourth-order valence-electron chi connectivity index (χ4n) is 2.83. The van der Waals surface area contributed by atoms with Gasteiger partial charge in [0.15, 0.2) is 0 Å². The molecule has 7 heteroatoms. The molecular formula is C17H19N3O4. The van der Waals surface area contributed by atoms with E-state index < -0.39 is 11.9 Å². The average molecular weight is 329 g/mol. The standard InChI is InChI=1S/C17H19N3O4/c21-15(20-10-4-7-13(11-20)17(22)23)9-8-14-18-19-16(24-14)12-5-2-1-3-6-12/h1-3,5-6,13H,4,7-11H2,(H,22,23). The lowest BCUT2D eigenvalue weighted by Gasteiger charge is -2.30. The summed E-state index contributed by atoms with van der Waals surface area (Å²) in [6.45, 7) is 0.898. The molecule has 126 valence electrons. The zero-order valence-electron chi connectivity index (χ0n) is 13.2. The molecule has 0 aliphatic carbocycles. The van der Waals surface area contributed by atoms with Crippen LogP contribution in [0, 0.1) is 5.92 Å². The van der Waals surface area contributed by atoms with Gasteiger partial charge in [0.2, 0.25) is 17.7 Å². The highest BCUT2D eigenvalue weighted by Gasteiger charge is 2.28. The van der Waals surface area contributed by atoms with Crippen LogP contribution in [0.1, 0.15) is 25.2 Å². The van der Waals surface area contributed by atoms with E-state index in [9.17, 15) is 9.59 Å². The number of nitrogens with zero attached hydrogens (tertiary/aromatic N) is 3. The summed E-state index contributed by atoms with van der Waals surface area (Å²) >= 11 is 0. The van der Waals surface area contributed by atoms with Crippen LogP contribution in [0.4, 0.5) is 0 Å². The van der Waals surface area contributed by atoms with Crippen molar-refractivity contribution in [3.8, 4) is 11.5 Å². The fraction of sp³-hybridized carbons (Fsp3) is 0.412. The van der Waals surface area contributed by atoms with E-state index in [1.54, 1.807) is 4.90 Å². The molecule has 1 aromatic heterocycles. The van der Waals surface area contributed by atoms with Crippen LogP contribution in [0.3, 0.4) is 0 Å². The van der Waals surface area contributed by atoms with Gasteiger partial charge in [-0.25, -0.2) is 0 Å². The van der Waals surface area contributed by atoms with Gasteiger partial charge in [0.25, 0.3) is 0 Å². The van der Waals surface area contributed by atoms with Crippen LogP contribution in [0.5, 0.6) is 0 Å². The molecule has 1 aliphatic rings. The first-order valence-electron chi connectivity index (χ1n) is 8.02. The Kier molecular flexibility index (Phi) is 4.88. The SMILES string of the molecule is O=C(O)C1CCCN(C(=O)CCc2nnc(-c3ccccc3)o2)C1. The van der Waals surface area contributed by atoms with E-state index in [0.717, 1.165) is 12.0 Å². The number of benzene rings is 1. The van der Waals surface area contributed by atoms with Gasteiger partial charge in [0, 0.05) is 31.5 Å². The highest BCUT2D eigenvalue weighted by molar-refractivity contribution is 5.78. The molecule has 2 heterocycles. The quantitative estimate of drug-likeness (QED) is 0.901. The maximum absolute atomic E-state index is 12.3. The van der Waals surface area contributed by atoms with Crippen LogP contribution >= 0.6 is 0 Å². The molecule has 0 spiro atoms. The number of piperidine rings is 1. The smallest absolute Gasteiger partial charge is 0.308 e. The minimum Gasteiger partial charge on any atom is -0.481 e. The minimum absolute atomic E-state index is 0.0691. The molecule has 7 nitrogen and oxygen atoms in total. The molecule has 1 aliphatic heterocycles. The Bertz CT molecular complexity index is 714. The molecule has 1 atom stereocenters. The second kappa shape index (κ2) is 7.25. The van der Waals surface area contributed by atoms with Crippen LogP contribution < -0.4 is 0 Å². The molecule has 1 aromatic carbocycles. The van der Waals surface area contributed by atoms with Gasteiger partial charge >= 0.3 is 5.97 Å². The molecule has 1 fully saturated rings. The molecule has 2 aromatic rings. The number of carbonyl (C=O) groups excluding carboxylic acids is 1. The second-order valence-corrected chi connectivity index (χ2v) is 5.88. The molecule has 0 saturated carbocycles. The lowest BCUT2D eigenvalue weighted by molar-refractivity contribution is -0.145. The summed E-state index contributed by atoms with van der Waals surface area (Å²) in [6.07, 6.45) is 1.94. The van der Waals surface area contributed by atoms with Crippen molar-refractivity contribution in [2.24, 2.45) is 5.92 Å². The summed E-state index contributed by atoms with van der Waals surface area (Å²) in [5.41, 5.74) is 0.836. The summed E-state index contributed by atoms with van der Waals surface area (Å²) < 4.78 is 5.58. The van der Waals surface area contributed by atoms with E-state index in [-0.39, 0.29) is 18.9 Å². The summed E-state index contributed by atoms with van der Waals surface area (Å²) in [5, 5.41) is 17.0. The number of amides is 1. The van der Waals surface area contributed by atoms with Crippen LogP contribution in [-0.2, 0) is 16.0 Å². The molecule has 1 unspecified atom stereocenters. The first-order valence-corrected chi connectivity index (χ1v) is 8.02. The molecule has 3 rings (SSSR count). The Hall–Kier alpha value is -2.70. The van der Waals surface area contributed by atoms with Gasteiger partial charge in [-0.2, -0.15) is 0 Å². The van der Waals surface area contributed by atoms with Crippen molar-refractivity contribution >= 4 is 11.9 Å². The maximum Gasteiger partial charge on any atom is 0.308 e. The molecule has 0 bridgehead atoms. The third kappa shape index (κ3) is 3.79. The number of aromatic nitrogens is 2. The van der Waals surface area contributed by atoms with Gasteiger partial charge in [-0.3, -0.25) is 9.59 Å². The molecule has 1 saturated heterocycles. The third-order valence-electron chi connectivity index (χ3n) is 4.16. The fourth-order valence-corrected chi connectivity index (χ4v) is 2.83. The maximum atomic E-state index is 12.3. The van der Waals surface area contributed by atoms with Crippen molar-refractivity contribution in [1.29, 1.82) is 0 Å². The van der Waals surface area contributed by atoms with Crippen LogP contribution in [0.15, 0.2) is 34.7 Å². The number of carboxylic acids is 1. The number of hydrogen-bond donors (Lipinski definition) is 1. The predicted molar refractivity (Wildman–Crippen MR) is 85.0 cm³/mol. The Labute approximate surface area is 139 Å². The van der Waals surface area contributed by atoms with E-state index >= 15 is 0 Å². The Balaban J connectivity index is 1.55. The first kappa shape index (κ1) is 16.2. The van der Waals surface area contributed by atoms with Crippen molar-refractivity contribution in [2.75, 3.05) is 13.1 Å². The highest BCUT2D eigenvalue weighted by Crippen LogP contribution is 2.19. The Morgan fingerprint density at radius 3 is 2.79 bits per heavy atom. The van der Waals surface area contributed by atoms with Crippen molar-refractivity contribution in [3.63, 3.8) is 0 Å². The number of carbonyl (C=O) groups is 2. The molecular weight excluding hydrogens is 310 g/mol. The number of aliphatic carboxylic acids is 1. The van der Waals surface area contributed by atoms with Gasteiger partial charge < -0.3 is 14.4 Å². The van der Waals surface area contributed by atoms with E-state index in [4.69, 9.17) is 9.52 Å². The normalized spacial score (nSPS) is 17.7. The lowest BCUT2D eigenvalue weighted by Crippen LogP contribution is -2.42. The summed E-state index contributed by atoms with van der Waals surface area (Å²) in [4.78, 5) is 24.9. The Morgan fingerprint density at radius 2 is 2.04 bits per heavy atom. The third-order valence-corrected chi connectivity index (χ3v) is 4.16. The topological polar surface area (TPSA) is 96.5 Å². The van der Waals surface area contributed by atoms with E-state index in [1.165, 1.54) is 0 Å². The first-order chi connectivity index (χ1) is 11.6. The van der Waals surface area contributed by atoms with Crippen LogP contribution in [-0.4, -0.2) is 45.2 Å². The largest absolute Gasteiger partial charge is 0.481 e. The monoisotopic (exact) mass is 329 g/mol. The minimum atomic E-state index is -0.836. The van der Waals surface area contributed by atoms with Gasteiger partial charge in [-0.05, 0) is 25.0 Å². The predicted octanol–water partition coefficient (Wildman–Crippen LogP) is 1.99. The van der Waals surface area contributed by atoms with Gasteiger partial charge in [-0.15, -0.1) is 10.2 Å². The van der Waals surface area contributed by atoms with Crippen LogP contribution in [0.25, 0.3) is 11.5 Å². The molecule has 1 N–H and O–H groups in total. The van der Waals surface area contributed by atoms with Gasteiger partial charge in [-0.1, -0.05) is 18.2 Å². The molecule has 1 amide bonds. The summed E-state index contributed by atoms with van der Waals surface area (Å²) in [7, 11) is 0. The van der Waals surface area contributed by atoms with Crippen molar-refractivity contribution in [3.05, 3.63) is 36.2 Å². The zero-order chi connectivity index (χ0) is 16.9. The van der Waals surface area contributed by atoms with E-state index in [0.29, 0.717) is 31.2 Å². The van der Waals surface area contributed by atoms with E-state index in [2.05, 4.69) is 10.2 Å². The zero-order valence-corrected chi connectivity index (χ0v) is 13.2. The number of hydrogen-bond acceptors (Lipinski definition) is 5. The van der Waals surface area contributed by atoms with Gasteiger partial charge in [0.1, 0.15) is 0 Å². The van der Waals surface area contributed by atoms with Crippen molar-refractivity contribution in [2.45, 2.75) is 25.7 Å². The van der Waals surface area contributed by atoms with E-state index in [1.807, 2.05) is 30.3 Å². The number of rotatable bonds is 5. The Morgan fingerprint density at radius 1 is 1.25 bits per heavy atom.